The zero-order valence-electron chi connectivity index (χ0n) is 10.1. The van der Waals surface area contributed by atoms with Gasteiger partial charge in [0.25, 0.3) is 0 Å². The van der Waals surface area contributed by atoms with Crippen LogP contribution >= 0.6 is 0 Å². The Morgan fingerprint density at radius 2 is 1.88 bits per heavy atom. The van der Waals surface area contributed by atoms with Crippen molar-refractivity contribution in [1.29, 1.82) is 0 Å². The van der Waals surface area contributed by atoms with Crippen molar-refractivity contribution in [2.24, 2.45) is 0 Å². The first kappa shape index (κ1) is 13.7. The molecule has 1 atom stereocenters. The van der Waals surface area contributed by atoms with Crippen LogP contribution in [0.3, 0.4) is 0 Å². The van der Waals surface area contributed by atoms with Gasteiger partial charge in [-0.3, -0.25) is 0 Å². The number of carbonyl (C=O) groups excluding carboxylic acids is 1. The number of quaternary nitrogens is 1. The summed E-state index contributed by atoms with van der Waals surface area (Å²) in [7, 11) is 0. The van der Waals surface area contributed by atoms with Gasteiger partial charge in [0.1, 0.15) is 13.1 Å². The van der Waals surface area contributed by atoms with Gasteiger partial charge in [-0.1, -0.05) is 24.3 Å². The van der Waals surface area contributed by atoms with E-state index >= 15 is 0 Å². The Hall–Kier alpha value is -1.39. The molecule has 1 aromatic rings. The summed E-state index contributed by atoms with van der Waals surface area (Å²) in [6.07, 6.45) is -0.0404. The standard InChI is InChI=1S/C13H19NO3/c1-2-14(7-8-15)10-12-5-3-11(4-6-12)9-13(16)17/h3-6,15H,2,7-10H2,1H3,(H,16,17). The lowest BCUT2D eigenvalue weighted by Crippen LogP contribution is -3.10. The van der Waals surface area contributed by atoms with Crippen molar-refractivity contribution in [1.82, 2.24) is 0 Å². The van der Waals surface area contributed by atoms with E-state index in [9.17, 15) is 9.90 Å². The van der Waals surface area contributed by atoms with E-state index in [2.05, 4.69) is 6.92 Å². The fourth-order valence-electron chi connectivity index (χ4n) is 1.78. The van der Waals surface area contributed by atoms with Crippen molar-refractivity contribution < 1.29 is 19.9 Å². The van der Waals surface area contributed by atoms with E-state index in [0.717, 1.165) is 30.8 Å². The molecule has 0 amide bonds. The molecule has 0 spiro atoms. The summed E-state index contributed by atoms with van der Waals surface area (Å²) in [6.45, 7) is 4.81. The highest BCUT2D eigenvalue weighted by atomic mass is 16.4. The van der Waals surface area contributed by atoms with E-state index in [0.29, 0.717) is 0 Å². The number of hydrogen-bond acceptors (Lipinski definition) is 3. The van der Waals surface area contributed by atoms with E-state index in [1.165, 1.54) is 4.90 Å². The van der Waals surface area contributed by atoms with Gasteiger partial charge in [0.05, 0.1) is 13.2 Å². The van der Waals surface area contributed by atoms with Gasteiger partial charge >= 0.3 is 0 Å². The minimum absolute atomic E-state index is 0.0404. The highest BCUT2D eigenvalue weighted by molar-refractivity contribution is 5.67. The molecule has 0 saturated heterocycles. The fraction of sp³-hybridized carbons (Fsp3) is 0.462. The number of aliphatic hydroxyl groups excluding tert-OH is 1. The van der Waals surface area contributed by atoms with Gasteiger partial charge < -0.3 is 19.9 Å². The van der Waals surface area contributed by atoms with Crippen molar-refractivity contribution in [2.75, 3.05) is 19.7 Å². The predicted molar refractivity (Wildman–Crippen MR) is 62.3 cm³/mol. The smallest absolute Gasteiger partial charge is 0.103 e. The number of aliphatic carboxylic acids is 1. The molecule has 1 aromatic carbocycles. The molecule has 94 valence electrons. The zero-order chi connectivity index (χ0) is 12.7. The van der Waals surface area contributed by atoms with Crippen LogP contribution in [0.2, 0.25) is 0 Å². The highest BCUT2D eigenvalue weighted by Crippen LogP contribution is 2.03. The van der Waals surface area contributed by atoms with Gasteiger partial charge in [-0.25, -0.2) is 0 Å². The van der Waals surface area contributed by atoms with Gasteiger partial charge in [0.15, 0.2) is 0 Å². The molecule has 0 aliphatic carbocycles. The SMILES string of the molecule is CC[NH+](CCO)Cc1ccc(CC(=O)[O-])cc1. The van der Waals surface area contributed by atoms with Crippen LogP contribution in [0.15, 0.2) is 24.3 Å². The van der Waals surface area contributed by atoms with Crippen LogP contribution < -0.4 is 10.0 Å². The maximum absolute atomic E-state index is 10.4. The monoisotopic (exact) mass is 237 g/mol. The van der Waals surface area contributed by atoms with E-state index in [-0.39, 0.29) is 13.0 Å². The molecule has 0 aliphatic heterocycles. The van der Waals surface area contributed by atoms with E-state index in [4.69, 9.17) is 5.11 Å². The summed E-state index contributed by atoms with van der Waals surface area (Å²) in [5.74, 6) is -1.06. The Labute approximate surface area is 101 Å². The summed E-state index contributed by atoms with van der Waals surface area (Å²) in [5.41, 5.74) is 1.91. The minimum atomic E-state index is -1.06. The van der Waals surface area contributed by atoms with Crippen LogP contribution in [-0.4, -0.2) is 30.8 Å². The van der Waals surface area contributed by atoms with Gasteiger partial charge in [-0.15, -0.1) is 0 Å². The maximum atomic E-state index is 10.4. The van der Waals surface area contributed by atoms with Crippen molar-refractivity contribution in [3.8, 4) is 0 Å². The third-order valence-electron chi connectivity index (χ3n) is 2.79. The molecular formula is C13H19NO3. The molecule has 0 aromatic heterocycles. The average molecular weight is 237 g/mol. The van der Waals surface area contributed by atoms with Crippen molar-refractivity contribution in [3.05, 3.63) is 35.4 Å². The lowest BCUT2D eigenvalue weighted by molar-refractivity contribution is -0.912. The lowest BCUT2D eigenvalue weighted by Gasteiger charge is -2.16. The topological polar surface area (TPSA) is 64.8 Å². The molecule has 0 heterocycles. The molecule has 4 heteroatoms. The molecule has 0 fully saturated rings. The Kier molecular flexibility index (Phi) is 5.66. The predicted octanol–water partition coefficient (Wildman–Crippen LogP) is -1.62. The van der Waals surface area contributed by atoms with Crippen molar-refractivity contribution >= 4 is 5.97 Å². The number of carbonyl (C=O) groups is 1. The van der Waals surface area contributed by atoms with Crippen LogP contribution in [-0.2, 0) is 17.8 Å². The molecule has 4 nitrogen and oxygen atoms in total. The number of benzene rings is 1. The number of rotatable bonds is 7. The van der Waals surface area contributed by atoms with E-state index in [1.54, 1.807) is 0 Å². The zero-order valence-corrected chi connectivity index (χ0v) is 10.1. The normalized spacial score (nSPS) is 12.4. The second kappa shape index (κ2) is 7.04. The van der Waals surface area contributed by atoms with Crippen LogP contribution in [0.5, 0.6) is 0 Å². The summed E-state index contributed by atoms with van der Waals surface area (Å²) < 4.78 is 0. The maximum Gasteiger partial charge on any atom is 0.103 e. The fourth-order valence-corrected chi connectivity index (χ4v) is 1.78. The Morgan fingerprint density at radius 3 is 2.35 bits per heavy atom. The molecule has 17 heavy (non-hydrogen) atoms. The van der Waals surface area contributed by atoms with Gasteiger partial charge in [0, 0.05) is 18.0 Å². The quantitative estimate of drug-likeness (QED) is 0.599. The number of carboxylic acid groups (broad SMARTS) is 1. The highest BCUT2D eigenvalue weighted by Gasteiger charge is 2.06. The van der Waals surface area contributed by atoms with E-state index < -0.39 is 5.97 Å². The molecular weight excluding hydrogens is 218 g/mol. The minimum Gasteiger partial charge on any atom is -0.550 e. The summed E-state index contributed by atoms with van der Waals surface area (Å²) in [5, 5.41) is 19.3. The summed E-state index contributed by atoms with van der Waals surface area (Å²) in [6, 6.07) is 7.51. The first-order valence-electron chi connectivity index (χ1n) is 5.87. The largest absolute Gasteiger partial charge is 0.550 e. The van der Waals surface area contributed by atoms with Crippen LogP contribution in [0.4, 0.5) is 0 Å². The third kappa shape index (κ3) is 4.97. The molecule has 0 saturated carbocycles. The summed E-state index contributed by atoms with van der Waals surface area (Å²) in [4.78, 5) is 11.7. The van der Waals surface area contributed by atoms with Crippen LogP contribution in [0, 0.1) is 0 Å². The van der Waals surface area contributed by atoms with Gasteiger partial charge in [0.2, 0.25) is 0 Å². The Morgan fingerprint density at radius 1 is 1.29 bits per heavy atom. The number of carboxylic acids is 1. The lowest BCUT2D eigenvalue weighted by atomic mass is 10.1. The Balaban J connectivity index is 2.57. The van der Waals surface area contributed by atoms with Crippen LogP contribution in [0.25, 0.3) is 0 Å². The van der Waals surface area contributed by atoms with Crippen molar-refractivity contribution in [2.45, 2.75) is 19.9 Å². The van der Waals surface area contributed by atoms with Gasteiger partial charge in [-0.05, 0) is 12.5 Å². The van der Waals surface area contributed by atoms with E-state index in [1.807, 2.05) is 24.3 Å². The number of likely N-dealkylation sites (N-methyl/N-ethyl adjacent to an activating group) is 1. The average Bonchev–Trinajstić information content (AvgIpc) is 2.30. The summed E-state index contributed by atoms with van der Waals surface area (Å²) >= 11 is 0. The second-order valence-corrected chi connectivity index (χ2v) is 4.12. The number of aliphatic hydroxyl groups is 1. The van der Waals surface area contributed by atoms with Crippen LogP contribution in [0.1, 0.15) is 18.1 Å². The molecule has 0 radical (unpaired) electrons. The second-order valence-electron chi connectivity index (χ2n) is 4.12. The molecule has 1 unspecified atom stereocenters. The molecule has 0 bridgehead atoms. The third-order valence-corrected chi connectivity index (χ3v) is 2.79. The number of hydrogen-bond donors (Lipinski definition) is 2. The first-order valence-corrected chi connectivity index (χ1v) is 5.87. The molecule has 0 aliphatic rings. The molecule has 1 rings (SSSR count). The molecule has 2 N–H and O–H groups in total. The first-order chi connectivity index (χ1) is 8.15. The Bertz CT molecular complexity index is 348. The van der Waals surface area contributed by atoms with Gasteiger partial charge in [-0.2, -0.15) is 0 Å². The number of nitrogens with one attached hydrogen (secondary N) is 1. The van der Waals surface area contributed by atoms with Crippen molar-refractivity contribution in [3.63, 3.8) is 0 Å².